The van der Waals surface area contributed by atoms with Crippen LogP contribution in [0.1, 0.15) is 15.9 Å². The van der Waals surface area contributed by atoms with Crippen LogP contribution in [-0.2, 0) is 16.0 Å². The minimum atomic E-state index is -1.27. The summed E-state index contributed by atoms with van der Waals surface area (Å²) in [5.74, 6) is -0.616. The number of nitrogen functional groups attached to an aromatic ring is 1. The summed E-state index contributed by atoms with van der Waals surface area (Å²) in [6.45, 7) is 1.70. The Kier molecular flexibility index (Phi) is 7.64. The Hall–Kier alpha value is -3.89. The first kappa shape index (κ1) is 24.2. The number of rotatable bonds is 7. The minimum absolute atomic E-state index is 0.167. The summed E-state index contributed by atoms with van der Waals surface area (Å²) in [6, 6.07) is 15.2. The van der Waals surface area contributed by atoms with Crippen molar-refractivity contribution >= 4 is 40.6 Å². The lowest BCUT2D eigenvalue weighted by atomic mass is 10.0. The molecule has 10 heteroatoms. The topological polar surface area (TPSA) is 134 Å². The Morgan fingerprint density at radius 1 is 1.09 bits per heavy atom. The van der Waals surface area contributed by atoms with Crippen LogP contribution >= 0.6 is 11.3 Å². The van der Waals surface area contributed by atoms with Gasteiger partial charge in [-0.05, 0) is 46.8 Å². The minimum Gasteiger partial charge on any atom is -0.465 e. The monoisotopic (exact) mass is 494 g/mol. The number of carbonyl (C=O) groups is 3. The molecule has 0 bridgehead atoms. The zero-order valence-corrected chi connectivity index (χ0v) is 19.7. The molecule has 1 fully saturated rings. The Balaban J connectivity index is 1.44. The van der Waals surface area contributed by atoms with E-state index >= 15 is 0 Å². The molecule has 2 aromatic carbocycles. The van der Waals surface area contributed by atoms with E-state index in [2.05, 4.69) is 10.6 Å². The Morgan fingerprint density at radius 3 is 2.49 bits per heavy atom. The van der Waals surface area contributed by atoms with E-state index in [1.165, 1.54) is 0 Å². The molecule has 0 radical (unpaired) electrons. The lowest BCUT2D eigenvalue weighted by Crippen LogP contribution is -2.52. The number of anilines is 2. The van der Waals surface area contributed by atoms with E-state index in [1.54, 1.807) is 46.6 Å². The number of hydrogen-bond acceptors (Lipinski definition) is 6. The van der Waals surface area contributed by atoms with E-state index in [1.807, 2.05) is 29.6 Å². The number of nitrogens with zero attached hydrogens (tertiary/aromatic N) is 1. The summed E-state index contributed by atoms with van der Waals surface area (Å²) in [4.78, 5) is 39.6. The second kappa shape index (κ2) is 11.0. The highest BCUT2D eigenvalue weighted by molar-refractivity contribution is 7.13. The van der Waals surface area contributed by atoms with Crippen LogP contribution < -0.4 is 16.4 Å². The molecule has 1 aromatic heterocycles. The predicted octanol–water partition coefficient (Wildman–Crippen LogP) is 3.29. The number of amides is 3. The molecule has 5 N–H and O–H groups in total. The van der Waals surface area contributed by atoms with Gasteiger partial charge in [0.15, 0.2) is 0 Å². The molecule has 1 saturated heterocycles. The van der Waals surface area contributed by atoms with Crippen LogP contribution in [-0.4, -0.2) is 60.3 Å². The fourth-order valence-electron chi connectivity index (χ4n) is 3.84. The van der Waals surface area contributed by atoms with Crippen LogP contribution in [0.3, 0.4) is 0 Å². The number of carboxylic acid groups (broad SMARTS) is 1. The number of nitrogens with one attached hydrogen (secondary N) is 2. The van der Waals surface area contributed by atoms with E-state index in [-0.39, 0.29) is 18.2 Å². The molecule has 0 aliphatic carbocycles. The molecular formula is C25H26N4O5S. The summed E-state index contributed by atoms with van der Waals surface area (Å²) in [7, 11) is 0. The summed E-state index contributed by atoms with van der Waals surface area (Å²) in [5.41, 5.74) is 9.14. The van der Waals surface area contributed by atoms with Crippen molar-refractivity contribution in [3.63, 3.8) is 0 Å². The average Bonchev–Trinajstić information content (AvgIpc) is 3.40. The number of nitrogens with two attached hydrogens (primary N) is 1. The molecule has 3 amide bonds. The molecule has 4 rings (SSSR count). The average molecular weight is 495 g/mol. The van der Waals surface area contributed by atoms with Gasteiger partial charge in [-0.3, -0.25) is 9.59 Å². The van der Waals surface area contributed by atoms with Gasteiger partial charge in [-0.1, -0.05) is 24.3 Å². The van der Waals surface area contributed by atoms with Crippen molar-refractivity contribution in [3.8, 4) is 10.4 Å². The first-order valence-electron chi connectivity index (χ1n) is 11.1. The van der Waals surface area contributed by atoms with E-state index < -0.39 is 12.1 Å². The highest BCUT2D eigenvalue weighted by Gasteiger charge is 2.27. The van der Waals surface area contributed by atoms with Crippen LogP contribution in [0.15, 0.2) is 60.0 Å². The fraction of sp³-hybridized carbons (Fsp3) is 0.240. The predicted molar refractivity (Wildman–Crippen MR) is 135 cm³/mol. The van der Waals surface area contributed by atoms with Gasteiger partial charge in [-0.15, -0.1) is 11.3 Å². The van der Waals surface area contributed by atoms with Crippen molar-refractivity contribution in [3.05, 3.63) is 71.1 Å². The number of carbonyl (C=O) groups excluding carboxylic acids is 2. The van der Waals surface area contributed by atoms with Crippen molar-refractivity contribution in [1.29, 1.82) is 0 Å². The Bertz CT molecular complexity index is 1190. The van der Waals surface area contributed by atoms with Crippen LogP contribution in [0.4, 0.5) is 16.2 Å². The third-order valence-corrected chi connectivity index (χ3v) is 6.60. The van der Waals surface area contributed by atoms with Crippen molar-refractivity contribution < 1.29 is 24.2 Å². The second-order valence-corrected chi connectivity index (χ2v) is 9.02. The molecule has 182 valence electrons. The SMILES string of the molecule is Nc1ccc(-c2cccs2)cc1NC(=O)c1ccc(CC(NC(=O)O)C(=O)N2CCOCC2)cc1. The molecule has 1 atom stereocenters. The zero-order chi connectivity index (χ0) is 24.8. The Morgan fingerprint density at radius 2 is 1.83 bits per heavy atom. The number of ether oxygens (including phenoxy) is 1. The molecule has 9 nitrogen and oxygen atoms in total. The first-order valence-corrected chi connectivity index (χ1v) is 12.0. The molecular weight excluding hydrogens is 468 g/mol. The van der Waals surface area contributed by atoms with Gasteiger partial charge in [0.25, 0.3) is 5.91 Å². The maximum Gasteiger partial charge on any atom is 0.405 e. The molecule has 3 aromatic rings. The number of morpholine rings is 1. The highest BCUT2D eigenvalue weighted by Crippen LogP contribution is 2.30. The van der Waals surface area contributed by atoms with Gasteiger partial charge in [0.1, 0.15) is 6.04 Å². The van der Waals surface area contributed by atoms with Crippen molar-refractivity contribution in [2.75, 3.05) is 37.4 Å². The van der Waals surface area contributed by atoms with Gasteiger partial charge < -0.3 is 31.1 Å². The smallest absolute Gasteiger partial charge is 0.405 e. The maximum atomic E-state index is 12.8. The first-order chi connectivity index (χ1) is 16.9. The van der Waals surface area contributed by atoms with Crippen LogP contribution in [0, 0.1) is 0 Å². The molecule has 0 spiro atoms. The summed E-state index contributed by atoms with van der Waals surface area (Å²) in [6.07, 6.45) is -1.10. The van der Waals surface area contributed by atoms with Gasteiger partial charge in [-0.25, -0.2) is 4.79 Å². The van der Waals surface area contributed by atoms with E-state index in [9.17, 15) is 19.5 Å². The van der Waals surface area contributed by atoms with Crippen molar-refractivity contribution in [2.45, 2.75) is 12.5 Å². The molecule has 1 aliphatic heterocycles. The lowest BCUT2D eigenvalue weighted by molar-refractivity contribution is -0.137. The van der Waals surface area contributed by atoms with E-state index in [0.717, 1.165) is 16.0 Å². The molecule has 1 unspecified atom stereocenters. The van der Waals surface area contributed by atoms with Crippen molar-refractivity contribution in [2.24, 2.45) is 0 Å². The number of hydrogen-bond donors (Lipinski definition) is 4. The third-order valence-electron chi connectivity index (χ3n) is 5.68. The normalized spacial score (nSPS) is 14.2. The zero-order valence-electron chi connectivity index (χ0n) is 18.9. The van der Waals surface area contributed by atoms with Gasteiger partial charge in [0, 0.05) is 30.0 Å². The Labute approximate surface area is 206 Å². The summed E-state index contributed by atoms with van der Waals surface area (Å²) >= 11 is 1.60. The van der Waals surface area contributed by atoms with Gasteiger partial charge >= 0.3 is 6.09 Å². The number of thiophene rings is 1. The van der Waals surface area contributed by atoms with Gasteiger partial charge in [0.2, 0.25) is 5.91 Å². The molecule has 35 heavy (non-hydrogen) atoms. The second-order valence-electron chi connectivity index (χ2n) is 8.07. The van der Waals surface area contributed by atoms with Gasteiger partial charge in [-0.2, -0.15) is 0 Å². The van der Waals surface area contributed by atoms with Crippen molar-refractivity contribution in [1.82, 2.24) is 10.2 Å². The fourth-order valence-corrected chi connectivity index (χ4v) is 4.56. The van der Waals surface area contributed by atoms with Crippen LogP contribution in [0.25, 0.3) is 10.4 Å². The lowest BCUT2D eigenvalue weighted by Gasteiger charge is -2.30. The highest BCUT2D eigenvalue weighted by atomic mass is 32.1. The van der Waals surface area contributed by atoms with Gasteiger partial charge in [0.05, 0.1) is 24.6 Å². The third kappa shape index (κ3) is 6.17. The molecule has 2 heterocycles. The quantitative estimate of drug-likeness (QED) is 0.373. The molecule has 1 aliphatic rings. The van der Waals surface area contributed by atoms with E-state index in [4.69, 9.17) is 10.5 Å². The molecule has 0 saturated carbocycles. The maximum absolute atomic E-state index is 12.8. The summed E-state index contributed by atoms with van der Waals surface area (Å²) < 4.78 is 5.26. The standard InChI is InChI=1S/C25H26N4O5S/c26-19-8-7-18(22-2-1-13-35-22)15-20(19)27-23(30)17-5-3-16(4-6-17)14-21(28-25(32)33)24(31)29-9-11-34-12-10-29/h1-8,13,15,21,28H,9-12,14,26H2,(H,27,30)(H,32,33). The number of benzene rings is 2. The summed E-state index contributed by atoms with van der Waals surface area (Å²) in [5, 5.41) is 16.3. The van der Waals surface area contributed by atoms with Crippen LogP contribution in [0.5, 0.6) is 0 Å². The van der Waals surface area contributed by atoms with Crippen LogP contribution in [0.2, 0.25) is 0 Å². The largest absolute Gasteiger partial charge is 0.465 e. The van der Waals surface area contributed by atoms with E-state index in [0.29, 0.717) is 43.2 Å².